The molecule has 0 aromatic rings. The highest BCUT2D eigenvalue weighted by Crippen LogP contribution is 2.30. The highest BCUT2D eigenvalue weighted by Gasteiger charge is 2.23. The molecule has 2 nitrogen and oxygen atoms in total. The van der Waals surface area contributed by atoms with E-state index >= 15 is 0 Å². The first-order chi connectivity index (χ1) is 7.22. The molecule has 2 unspecified atom stereocenters. The van der Waals surface area contributed by atoms with Crippen molar-refractivity contribution in [2.24, 2.45) is 11.8 Å². The zero-order valence-corrected chi connectivity index (χ0v) is 10.6. The molecule has 1 aliphatic rings. The summed E-state index contributed by atoms with van der Waals surface area (Å²) in [6.45, 7) is 6.77. The highest BCUT2D eigenvalue weighted by atomic mass is 16.5. The lowest BCUT2D eigenvalue weighted by Gasteiger charge is -2.31. The Balaban J connectivity index is 2.04. The first kappa shape index (κ1) is 13.0. The molecule has 1 saturated carbocycles. The van der Waals surface area contributed by atoms with Crippen LogP contribution in [0.15, 0.2) is 0 Å². The van der Waals surface area contributed by atoms with Gasteiger partial charge in [-0.1, -0.05) is 13.8 Å². The van der Waals surface area contributed by atoms with Gasteiger partial charge in [0.1, 0.15) is 0 Å². The molecule has 0 heterocycles. The summed E-state index contributed by atoms with van der Waals surface area (Å²) in [7, 11) is 2.01. The van der Waals surface area contributed by atoms with Crippen molar-refractivity contribution in [1.82, 2.24) is 5.32 Å². The largest absolute Gasteiger partial charge is 0.378 e. The average molecular weight is 213 g/mol. The molecule has 0 spiro atoms. The third-order valence-corrected chi connectivity index (χ3v) is 3.31. The van der Waals surface area contributed by atoms with Crippen LogP contribution in [0.3, 0.4) is 0 Å². The van der Waals surface area contributed by atoms with Crippen molar-refractivity contribution in [3.63, 3.8) is 0 Å². The standard InChI is InChI=1S/C13H27NO/c1-11-8-12(2)10-13(9-11)15-7-5-4-6-14-3/h11-14H,4-10H2,1-3H3. The molecule has 0 aliphatic heterocycles. The minimum Gasteiger partial charge on any atom is -0.378 e. The van der Waals surface area contributed by atoms with Gasteiger partial charge in [-0.25, -0.2) is 0 Å². The Morgan fingerprint density at radius 2 is 1.73 bits per heavy atom. The van der Waals surface area contributed by atoms with Crippen LogP contribution >= 0.6 is 0 Å². The van der Waals surface area contributed by atoms with E-state index in [1.807, 2.05) is 7.05 Å². The highest BCUT2D eigenvalue weighted by molar-refractivity contribution is 4.75. The second kappa shape index (κ2) is 7.24. The summed E-state index contributed by atoms with van der Waals surface area (Å²) in [5.41, 5.74) is 0. The first-order valence-electron chi connectivity index (χ1n) is 6.48. The van der Waals surface area contributed by atoms with Gasteiger partial charge in [0.25, 0.3) is 0 Å². The van der Waals surface area contributed by atoms with Crippen LogP contribution in [-0.2, 0) is 4.74 Å². The Morgan fingerprint density at radius 1 is 1.07 bits per heavy atom. The van der Waals surface area contributed by atoms with E-state index in [1.54, 1.807) is 0 Å². The van der Waals surface area contributed by atoms with Crippen LogP contribution in [-0.4, -0.2) is 26.3 Å². The molecule has 2 heteroatoms. The normalized spacial score (nSPS) is 31.8. The number of hydrogen-bond acceptors (Lipinski definition) is 2. The van der Waals surface area contributed by atoms with Crippen LogP contribution in [0.25, 0.3) is 0 Å². The molecule has 0 bridgehead atoms. The summed E-state index contributed by atoms with van der Waals surface area (Å²) in [6.07, 6.45) is 6.90. The fourth-order valence-corrected chi connectivity index (χ4v) is 2.66. The third-order valence-electron chi connectivity index (χ3n) is 3.31. The second-order valence-electron chi connectivity index (χ2n) is 5.22. The summed E-state index contributed by atoms with van der Waals surface area (Å²) < 4.78 is 5.94. The Labute approximate surface area is 94.8 Å². The molecule has 0 radical (unpaired) electrons. The SMILES string of the molecule is CNCCCCOC1CC(C)CC(C)C1. The molecule has 2 atom stereocenters. The van der Waals surface area contributed by atoms with E-state index < -0.39 is 0 Å². The predicted octanol–water partition coefficient (Wildman–Crippen LogP) is 2.83. The van der Waals surface area contributed by atoms with Gasteiger partial charge in [-0.3, -0.25) is 0 Å². The quantitative estimate of drug-likeness (QED) is 0.685. The molecule has 0 aromatic heterocycles. The van der Waals surface area contributed by atoms with E-state index in [9.17, 15) is 0 Å². The van der Waals surface area contributed by atoms with Gasteiger partial charge in [0, 0.05) is 6.61 Å². The third kappa shape index (κ3) is 5.53. The van der Waals surface area contributed by atoms with Crippen LogP contribution in [0.2, 0.25) is 0 Å². The second-order valence-corrected chi connectivity index (χ2v) is 5.22. The minimum atomic E-state index is 0.540. The summed E-state index contributed by atoms with van der Waals surface area (Å²) in [4.78, 5) is 0. The maximum Gasteiger partial charge on any atom is 0.0580 e. The van der Waals surface area contributed by atoms with Crippen molar-refractivity contribution in [3.8, 4) is 0 Å². The zero-order valence-electron chi connectivity index (χ0n) is 10.6. The molecular formula is C13H27NO. The predicted molar refractivity (Wildman–Crippen MR) is 65.1 cm³/mol. The Morgan fingerprint density at radius 3 is 2.33 bits per heavy atom. The summed E-state index contributed by atoms with van der Waals surface area (Å²) in [5.74, 6) is 1.71. The van der Waals surface area contributed by atoms with Crippen LogP contribution in [0.4, 0.5) is 0 Å². The van der Waals surface area contributed by atoms with Crippen molar-refractivity contribution in [2.45, 2.75) is 52.1 Å². The molecule has 1 aliphatic carbocycles. The fraction of sp³-hybridized carbons (Fsp3) is 1.00. The summed E-state index contributed by atoms with van der Waals surface area (Å²) in [5, 5.41) is 3.16. The van der Waals surface area contributed by atoms with E-state index in [-0.39, 0.29) is 0 Å². The monoisotopic (exact) mass is 213 g/mol. The fourth-order valence-electron chi connectivity index (χ4n) is 2.66. The lowest BCUT2D eigenvalue weighted by atomic mass is 9.82. The number of ether oxygens (including phenoxy) is 1. The molecule has 0 aromatic carbocycles. The molecule has 90 valence electrons. The molecule has 1 rings (SSSR count). The van der Waals surface area contributed by atoms with Crippen molar-refractivity contribution in [3.05, 3.63) is 0 Å². The first-order valence-corrected chi connectivity index (χ1v) is 6.48. The smallest absolute Gasteiger partial charge is 0.0580 e. The summed E-state index contributed by atoms with van der Waals surface area (Å²) in [6, 6.07) is 0. The number of unbranched alkanes of at least 4 members (excludes halogenated alkanes) is 1. The van der Waals surface area contributed by atoms with Crippen LogP contribution < -0.4 is 5.32 Å². The molecule has 0 saturated heterocycles. The van der Waals surface area contributed by atoms with E-state index in [0.29, 0.717) is 6.10 Å². The number of hydrogen-bond donors (Lipinski definition) is 1. The van der Waals surface area contributed by atoms with Crippen LogP contribution in [0.1, 0.15) is 46.0 Å². The molecule has 0 amide bonds. The van der Waals surface area contributed by atoms with Crippen molar-refractivity contribution >= 4 is 0 Å². The van der Waals surface area contributed by atoms with Gasteiger partial charge in [0.15, 0.2) is 0 Å². The van der Waals surface area contributed by atoms with Crippen LogP contribution in [0.5, 0.6) is 0 Å². The van der Waals surface area contributed by atoms with Crippen molar-refractivity contribution < 1.29 is 4.74 Å². The van der Waals surface area contributed by atoms with E-state index in [2.05, 4.69) is 19.2 Å². The maximum absolute atomic E-state index is 5.94. The van der Waals surface area contributed by atoms with Gasteiger partial charge in [-0.15, -0.1) is 0 Å². The van der Waals surface area contributed by atoms with E-state index in [0.717, 1.165) is 25.0 Å². The van der Waals surface area contributed by atoms with Crippen LogP contribution in [0, 0.1) is 11.8 Å². The lowest BCUT2D eigenvalue weighted by Crippen LogP contribution is -2.26. The molecule has 1 fully saturated rings. The maximum atomic E-state index is 5.94. The number of rotatable bonds is 6. The Bertz CT molecular complexity index is 151. The van der Waals surface area contributed by atoms with Gasteiger partial charge in [0.2, 0.25) is 0 Å². The Kier molecular flexibility index (Phi) is 6.26. The van der Waals surface area contributed by atoms with Gasteiger partial charge >= 0.3 is 0 Å². The van der Waals surface area contributed by atoms with E-state index in [4.69, 9.17) is 4.74 Å². The van der Waals surface area contributed by atoms with Gasteiger partial charge in [-0.2, -0.15) is 0 Å². The minimum absolute atomic E-state index is 0.540. The van der Waals surface area contributed by atoms with Gasteiger partial charge in [0.05, 0.1) is 6.10 Å². The number of nitrogens with one attached hydrogen (secondary N) is 1. The molecular weight excluding hydrogens is 186 g/mol. The zero-order chi connectivity index (χ0) is 11.1. The van der Waals surface area contributed by atoms with Gasteiger partial charge in [-0.05, 0) is 57.5 Å². The molecule has 1 N–H and O–H groups in total. The average Bonchev–Trinajstić information content (AvgIpc) is 2.16. The lowest BCUT2D eigenvalue weighted by molar-refractivity contribution is -0.000396. The Hall–Kier alpha value is -0.0800. The summed E-state index contributed by atoms with van der Waals surface area (Å²) >= 11 is 0. The molecule has 15 heavy (non-hydrogen) atoms. The van der Waals surface area contributed by atoms with Gasteiger partial charge < -0.3 is 10.1 Å². The van der Waals surface area contributed by atoms with Crippen molar-refractivity contribution in [1.29, 1.82) is 0 Å². The topological polar surface area (TPSA) is 21.3 Å². The van der Waals surface area contributed by atoms with E-state index in [1.165, 1.54) is 32.1 Å². The van der Waals surface area contributed by atoms with Crippen molar-refractivity contribution in [2.75, 3.05) is 20.2 Å².